The Labute approximate surface area is 167 Å². The summed E-state index contributed by atoms with van der Waals surface area (Å²) in [6, 6.07) is 12.6. The SMILES string of the molecule is Cc1ncc(-c2nc(Nc3ccc(C(O)c4ccccn4)cc3)ncc2F)n1C. The minimum absolute atomic E-state index is 0.174. The lowest BCUT2D eigenvalue weighted by atomic mass is 10.1. The van der Waals surface area contributed by atoms with Crippen LogP contribution in [0.2, 0.25) is 0 Å². The number of aliphatic hydroxyl groups excluding tert-OH is 1. The predicted molar refractivity (Wildman–Crippen MR) is 107 cm³/mol. The van der Waals surface area contributed by atoms with Crippen LogP contribution in [-0.2, 0) is 7.05 Å². The van der Waals surface area contributed by atoms with Crippen molar-refractivity contribution in [2.45, 2.75) is 13.0 Å². The van der Waals surface area contributed by atoms with Gasteiger partial charge in [0.15, 0.2) is 5.82 Å². The summed E-state index contributed by atoms with van der Waals surface area (Å²) < 4.78 is 16.0. The quantitative estimate of drug-likeness (QED) is 0.542. The van der Waals surface area contributed by atoms with Gasteiger partial charge in [-0.3, -0.25) is 4.98 Å². The molecule has 3 heterocycles. The fourth-order valence-corrected chi connectivity index (χ4v) is 2.92. The van der Waals surface area contributed by atoms with Crippen molar-refractivity contribution in [3.8, 4) is 11.4 Å². The molecule has 1 atom stereocenters. The maximum atomic E-state index is 14.3. The van der Waals surface area contributed by atoms with Crippen LogP contribution >= 0.6 is 0 Å². The molecule has 7 nitrogen and oxygen atoms in total. The van der Waals surface area contributed by atoms with Crippen molar-refractivity contribution in [2.75, 3.05) is 5.32 Å². The van der Waals surface area contributed by atoms with Gasteiger partial charge in [0.25, 0.3) is 0 Å². The van der Waals surface area contributed by atoms with Crippen LogP contribution in [-0.4, -0.2) is 29.6 Å². The maximum Gasteiger partial charge on any atom is 0.227 e. The third-order valence-corrected chi connectivity index (χ3v) is 4.66. The summed E-state index contributed by atoms with van der Waals surface area (Å²) in [5, 5.41) is 13.5. The van der Waals surface area contributed by atoms with Gasteiger partial charge in [0.05, 0.1) is 23.8 Å². The van der Waals surface area contributed by atoms with Gasteiger partial charge >= 0.3 is 0 Å². The molecule has 0 amide bonds. The van der Waals surface area contributed by atoms with Crippen molar-refractivity contribution in [3.63, 3.8) is 0 Å². The number of imidazole rings is 1. The normalized spacial score (nSPS) is 12.0. The first-order valence-electron chi connectivity index (χ1n) is 9.00. The molecule has 146 valence electrons. The Bertz CT molecular complexity index is 1130. The number of benzene rings is 1. The van der Waals surface area contributed by atoms with E-state index in [9.17, 15) is 9.50 Å². The molecule has 4 rings (SSSR count). The molecular formula is C21H19FN6O. The zero-order valence-corrected chi connectivity index (χ0v) is 15.9. The largest absolute Gasteiger partial charge is 0.382 e. The first-order valence-corrected chi connectivity index (χ1v) is 9.00. The highest BCUT2D eigenvalue weighted by Crippen LogP contribution is 2.25. The summed E-state index contributed by atoms with van der Waals surface area (Å²) in [7, 11) is 1.80. The molecule has 3 aromatic heterocycles. The number of pyridine rings is 1. The smallest absolute Gasteiger partial charge is 0.227 e. The van der Waals surface area contributed by atoms with E-state index in [1.54, 1.807) is 60.4 Å². The van der Waals surface area contributed by atoms with Gasteiger partial charge in [-0.15, -0.1) is 0 Å². The molecule has 0 bridgehead atoms. The topological polar surface area (TPSA) is 88.8 Å². The summed E-state index contributed by atoms with van der Waals surface area (Å²) in [6.07, 6.45) is 3.54. The number of rotatable bonds is 5. The third-order valence-electron chi connectivity index (χ3n) is 4.66. The Hall–Kier alpha value is -3.65. The average molecular weight is 390 g/mol. The van der Waals surface area contributed by atoms with Gasteiger partial charge in [0.1, 0.15) is 17.6 Å². The molecular weight excluding hydrogens is 371 g/mol. The fraction of sp³-hybridized carbons (Fsp3) is 0.143. The molecule has 0 saturated heterocycles. The number of hydrogen-bond acceptors (Lipinski definition) is 6. The summed E-state index contributed by atoms with van der Waals surface area (Å²) in [5.41, 5.74) is 2.74. The standard InChI is InChI=1S/C21H19FN6O/c1-13-24-12-18(28(13)2)19-16(22)11-25-21(27-19)26-15-8-6-14(7-9-15)20(29)17-5-3-4-10-23-17/h3-12,20,29H,1-2H3,(H,25,26,27). The van der Waals surface area contributed by atoms with Crippen molar-refractivity contribution < 1.29 is 9.50 Å². The lowest BCUT2D eigenvalue weighted by molar-refractivity contribution is 0.215. The van der Waals surface area contributed by atoms with E-state index in [0.717, 1.165) is 12.0 Å². The molecule has 2 N–H and O–H groups in total. The zero-order valence-electron chi connectivity index (χ0n) is 15.9. The molecule has 0 aliphatic carbocycles. The Morgan fingerprint density at radius 3 is 2.48 bits per heavy atom. The zero-order chi connectivity index (χ0) is 20.4. The number of hydrogen-bond donors (Lipinski definition) is 2. The van der Waals surface area contributed by atoms with E-state index in [0.29, 0.717) is 22.6 Å². The third kappa shape index (κ3) is 3.83. The average Bonchev–Trinajstić information content (AvgIpc) is 3.08. The van der Waals surface area contributed by atoms with E-state index in [1.807, 2.05) is 13.0 Å². The minimum Gasteiger partial charge on any atom is -0.382 e. The molecule has 1 unspecified atom stereocenters. The molecule has 4 aromatic rings. The summed E-state index contributed by atoms with van der Waals surface area (Å²) >= 11 is 0. The van der Waals surface area contributed by atoms with Crippen molar-refractivity contribution in [1.29, 1.82) is 0 Å². The monoisotopic (exact) mass is 390 g/mol. The molecule has 0 saturated carbocycles. The van der Waals surface area contributed by atoms with Crippen LogP contribution in [0.15, 0.2) is 61.1 Å². The second-order valence-corrected chi connectivity index (χ2v) is 6.54. The maximum absolute atomic E-state index is 14.3. The first kappa shape index (κ1) is 18.7. The van der Waals surface area contributed by atoms with Crippen molar-refractivity contribution in [1.82, 2.24) is 24.5 Å². The van der Waals surface area contributed by atoms with Gasteiger partial charge in [-0.25, -0.2) is 19.3 Å². The Morgan fingerprint density at radius 2 is 1.83 bits per heavy atom. The van der Waals surface area contributed by atoms with Crippen LogP contribution in [0.4, 0.5) is 16.0 Å². The van der Waals surface area contributed by atoms with Crippen molar-refractivity contribution >= 4 is 11.6 Å². The fourth-order valence-electron chi connectivity index (χ4n) is 2.92. The van der Waals surface area contributed by atoms with Crippen LogP contribution in [0.3, 0.4) is 0 Å². The molecule has 0 fully saturated rings. The Balaban J connectivity index is 1.55. The van der Waals surface area contributed by atoms with E-state index < -0.39 is 11.9 Å². The number of halogens is 1. The predicted octanol–water partition coefficient (Wildman–Crippen LogP) is 3.54. The van der Waals surface area contributed by atoms with Gasteiger partial charge in [-0.2, -0.15) is 0 Å². The van der Waals surface area contributed by atoms with E-state index in [2.05, 4.69) is 25.3 Å². The van der Waals surface area contributed by atoms with Crippen LogP contribution < -0.4 is 5.32 Å². The van der Waals surface area contributed by atoms with E-state index in [1.165, 1.54) is 0 Å². The van der Waals surface area contributed by atoms with Crippen LogP contribution in [0.25, 0.3) is 11.4 Å². The molecule has 0 radical (unpaired) electrons. The van der Waals surface area contributed by atoms with Gasteiger partial charge < -0.3 is 15.0 Å². The first-order chi connectivity index (χ1) is 14.0. The second kappa shape index (κ2) is 7.76. The van der Waals surface area contributed by atoms with Gasteiger partial charge in [0.2, 0.25) is 5.95 Å². The molecule has 0 spiro atoms. The van der Waals surface area contributed by atoms with E-state index >= 15 is 0 Å². The van der Waals surface area contributed by atoms with Crippen molar-refractivity contribution in [3.05, 3.63) is 84.0 Å². The molecule has 1 aromatic carbocycles. The van der Waals surface area contributed by atoms with E-state index in [4.69, 9.17) is 0 Å². The number of nitrogens with one attached hydrogen (secondary N) is 1. The van der Waals surface area contributed by atoms with E-state index in [-0.39, 0.29) is 11.6 Å². The summed E-state index contributed by atoms with van der Waals surface area (Å²) in [5.74, 6) is 0.500. The number of anilines is 2. The lowest BCUT2D eigenvalue weighted by Crippen LogP contribution is -2.04. The summed E-state index contributed by atoms with van der Waals surface area (Å²) in [6.45, 7) is 1.84. The Kier molecular flexibility index (Phi) is 5.01. The van der Waals surface area contributed by atoms with Crippen LogP contribution in [0, 0.1) is 12.7 Å². The highest BCUT2D eigenvalue weighted by molar-refractivity contribution is 5.60. The molecule has 0 aliphatic heterocycles. The number of nitrogens with zero attached hydrogens (tertiary/aromatic N) is 5. The van der Waals surface area contributed by atoms with Gasteiger partial charge in [0, 0.05) is 18.9 Å². The van der Waals surface area contributed by atoms with Gasteiger partial charge in [-0.05, 0) is 36.8 Å². The van der Waals surface area contributed by atoms with Gasteiger partial charge in [-0.1, -0.05) is 18.2 Å². The number of aryl methyl sites for hydroxylation is 1. The second-order valence-electron chi connectivity index (χ2n) is 6.54. The molecule has 0 aliphatic rings. The van der Waals surface area contributed by atoms with Crippen molar-refractivity contribution in [2.24, 2.45) is 7.05 Å². The Morgan fingerprint density at radius 1 is 1.03 bits per heavy atom. The minimum atomic E-state index is -0.813. The molecule has 29 heavy (non-hydrogen) atoms. The number of aliphatic hydroxyl groups is 1. The lowest BCUT2D eigenvalue weighted by Gasteiger charge is -2.12. The van der Waals surface area contributed by atoms with Crippen LogP contribution in [0.5, 0.6) is 0 Å². The molecule has 8 heteroatoms. The van der Waals surface area contributed by atoms with Crippen LogP contribution in [0.1, 0.15) is 23.2 Å². The number of aromatic nitrogens is 5. The summed E-state index contributed by atoms with van der Waals surface area (Å²) in [4.78, 5) is 16.7. The highest BCUT2D eigenvalue weighted by atomic mass is 19.1. The highest BCUT2D eigenvalue weighted by Gasteiger charge is 2.15.